The highest BCUT2D eigenvalue weighted by molar-refractivity contribution is 5.96. The lowest BCUT2D eigenvalue weighted by Gasteiger charge is -2.38. The Morgan fingerprint density at radius 2 is 1.91 bits per heavy atom. The molecular weight excluding hydrogens is 605 g/mol. The summed E-state index contributed by atoms with van der Waals surface area (Å²) in [6, 6.07) is 16.4. The second-order valence-electron chi connectivity index (χ2n) is 12.2. The number of likely N-dealkylation sites (tertiary alicyclic amines) is 1. The van der Waals surface area contributed by atoms with Gasteiger partial charge in [0.2, 0.25) is 5.89 Å². The first-order valence-electron chi connectivity index (χ1n) is 15.7. The van der Waals surface area contributed by atoms with Gasteiger partial charge in [-0.05, 0) is 59.9 Å². The predicted octanol–water partition coefficient (Wildman–Crippen LogP) is 4.54. The van der Waals surface area contributed by atoms with Crippen LogP contribution in [0.5, 0.6) is 17.2 Å². The Morgan fingerprint density at radius 1 is 1.06 bits per heavy atom. The number of halogens is 1. The van der Waals surface area contributed by atoms with Gasteiger partial charge in [-0.3, -0.25) is 14.5 Å². The Hall–Kier alpha value is -4.97. The largest absolute Gasteiger partial charge is 0.496 e. The molecular formula is C35H38FN5O6. The Balaban J connectivity index is 1.31. The van der Waals surface area contributed by atoms with Gasteiger partial charge in [-0.25, -0.2) is 4.39 Å². The Labute approximate surface area is 272 Å². The third-order valence-electron chi connectivity index (χ3n) is 8.18. The van der Waals surface area contributed by atoms with Crippen LogP contribution in [-0.2, 0) is 24.3 Å². The minimum Gasteiger partial charge on any atom is -0.496 e. The summed E-state index contributed by atoms with van der Waals surface area (Å²) in [5, 5.41) is 10.1. The molecule has 0 unspecified atom stereocenters. The zero-order valence-corrected chi connectivity index (χ0v) is 26.6. The fraction of sp³-hybridized carbons (Fsp3) is 0.371. The van der Waals surface area contributed by atoms with E-state index in [0.29, 0.717) is 78.5 Å². The normalized spacial score (nSPS) is 18.8. The number of aromatic nitrogens is 2. The number of carbonyl (C=O) groups is 2. The van der Waals surface area contributed by atoms with Crippen LogP contribution in [-0.4, -0.2) is 65.8 Å². The molecule has 0 saturated carbocycles. The molecule has 3 aliphatic heterocycles. The Kier molecular flexibility index (Phi) is 9.67. The summed E-state index contributed by atoms with van der Waals surface area (Å²) >= 11 is 0. The molecule has 1 fully saturated rings. The summed E-state index contributed by atoms with van der Waals surface area (Å²) in [6.07, 6.45) is 0.827. The van der Waals surface area contributed by atoms with E-state index >= 15 is 4.39 Å². The molecule has 47 heavy (non-hydrogen) atoms. The lowest BCUT2D eigenvalue weighted by molar-refractivity contribution is -0.123. The topological polar surface area (TPSA) is 128 Å². The number of ether oxygens (including phenoxy) is 3. The maximum atomic E-state index is 15.2. The van der Waals surface area contributed by atoms with E-state index in [1.807, 2.05) is 12.1 Å². The molecule has 1 aromatic heterocycles. The number of fused-ring (bicyclic) bond motifs is 7. The molecule has 2 atom stereocenters. The number of nitrogens with zero attached hydrogens (tertiary/aromatic N) is 3. The number of rotatable bonds is 5. The van der Waals surface area contributed by atoms with Crippen molar-refractivity contribution in [3.05, 3.63) is 89.3 Å². The fourth-order valence-corrected chi connectivity index (χ4v) is 5.81. The first kappa shape index (κ1) is 32.0. The lowest BCUT2D eigenvalue weighted by atomic mass is 9.99. The number of hydrogen-bond donors (Lipinski definition) is 2. The molecule has 1 saturated heterocycles. The SMILES string of the molecule is COc1cc2ccc1CNC(=O)COc1cccc(c1)-c1ccc(F)c(c1)C(=O)N[C@@H]1CN(Cc3noc(CC(C)C)n3)CC[C@@H]1O2. The highest BCUT2D eigenvalue weighted by atomic mass is 19.1. The highest BCUT2D eigenvalue weighted by Gasteiger charge is 2.34. The standard InChI is InChI=1S/C35H38FN5O6/c1-21(2)13-34-39-32(40-47-34)19-41-12-11-30-29(18-41)38-35(43)27-15-23(8-10-28(27)36)22-5-4-6-25(14-22)45-20-33(42)37-17-24-7-9-26(46-30)16-31(24)44-3/h4-10,14-16,21,29-30H,11-13,17-20H2,1-3H3,(H,37,42)(H,38,43)/t29-,30+/m1/s1. The van der Waals surface area contributed by atoms with Gasteiger partial charge in [0.15, 0.2) is 12.4 Å². The molecule has 2 N–H and O–H groups in total. The van der Waals surface area contributed by atoms with Gasteiger partial charge >= 0.3 is 0 Å². The number of piperidine rings is 1. The van der Waals surface area contributed by atoms with Crippen molar-refractivity contribution in [3.8, 4) is 28.4 Å². The van der Waals surface area contributed by atoms with Crippen molar-refractivity contribution >= 4 is 11.8 Å². The summed E-state index contributed by atoms with van der Waals surface area (Å²) in [4.78, 5) is 33.0. The summed E-state index contributed by atoms with van der Waals surface area (Å²) < 4.78 is 38.4. The molecule has 0 spiro atoms. The lowest BCUT2D eigenvalue weighted by Crippen LogP contribution is -2.56. The molecule has 4 aromatic rings. The number of benzene rings is 3. The average Bonchev–Trinajstić information content (AvgIpc) is 3.49. The first-order valence-corrected chi connectivity index (χ1v) is 15.7. The number of hydrogen-bond acceptors (Lipinski definition) is 9. The second kappa shape index (κ2) is 14.2. The molecule has 11 nitrogen and oxygen atoms in total. The zero-order valence-electron chi connectivity index (χ0n) is 26.6. The molecule has 4 heterocycles. The maximum absolute atomic E-state index is 15.2. The maximum Gasteiger partial charge on any atom is 0.258 e. The van der Waals surface area contributed by atoms with Crippen LogP contribution < -0.4 is 24.8 Å². The van der Waals surface area contributed by atoms with Crippen molar-refractivity contribution in [1.82, 2.24) is 25.7 Å². The zero-order chi connectivity index (χ0) is 32.9. The second-order valence-corrected chi connectivity index (χ2v) is 12.2. The van der Waals surface area contributed by atoms with Gasteiger partial charge in [-0.15, -0.1) is 0 Å². The highest BCUT2D eigenvalue weighted by Crippen LogP contribution is 2.29. The van der Waals surface area contributed by atoms with Crippen molar-refractivity contribution in [2.45, 2.75) is 51.9 Å². The quantitative estimate of drug-likeness (QED) is 0.322. The number of amides is 2. The van der Waals surface area contributed by atoms with Crippen LogP contribution >= 0.6 is 0 Å². The molecule has 3 aliphatic rings. The first-order chi connectivity index (χ1) is 22.7. The monoisotopic (exact) mass is 643 g/mol. The summed E-state index contributed by atoms with van der Waals surface area (Å²) in [7, 11) is 1.55. The molecule has 2 amide bonds. The predicted molar refractivity (Wildman–Crippen MR) is 171 cm³/mol. The van der Waals surface area contributed by atoms with E-state index in [4.69, 9.17) is 18.7 Å². The van der Waals surface area contributed by atoms with E-state index in [-0.39, 0.29) is 24.6 Å². The van der Waals surface area contributed by atoms with Crippen molar-refractivity contribution in [2.24, 2.45) is 5.92 Å². The third-order valence-corrected chi connectivity index (χ3v) is 8.18. The number of carbonyl (C=O) groups excluding carboxylic acids is 2. The van der Waals surface area contributed by atoms with Gasteiger partial charge in [0.25, 0.3) is 11.8 Å². The molecule has 0 radical (unpaired) electrons. The van der Waals surface area contributed by atoms with Crippen molar-refractivity contribution in [3.63, 3.8) is 0 Å². The third kappa shape index (κ3) is 7.89. The number of nitrogens with one attached hydrogen (secondary N) is 2. The van der Waals surface area contributed by atoms with Crippen LogP contribution in [0.3, 0.4) is 0 Å². The summed E-state index contributed by atoms with van der Waals surface area (Å²) in [6.45, 7) is 5.69. The Morgan fingerprint density at radius 3 is 2.74 bits per heavy atom. The van der Waals surface area contributed by atoms with Crippen molar-refractivity contribution in [1.29, 1.82) is 0 Å². The molecule has 12 heteroatoms. The van der Waals surface area contributed by atoms with E-state index in [1.165, 1.54) is 12.1 Å². The van der Waals surface area contributed by atoms with Crippen LogP contribution in [0.2, 0.25) is 0 Å². The van der Waals surface area contributed by atoms with Gasteiger partial charge in [-0.2, -0.15) is 4.98 Å². The van der Waals surface area contributed by atoms with Crippen molar-refractivity contribution in [2.75, 3.05) is 26.8 Å². The van der Waals surface area contributed by atoms with Crippen molar-refractivity contribution < 1.29 is 32.7 Å². The van der Waals surface area contributed by atoms with Gasteiger partial charge in [-0.1, -0.05) is 37.2 Å². The van der Waals surface area contributed by atoms with Crippen LogP contribution in [0.15, 0.2) is 65.2 Å². The van der Waals surface area contributed by atoms with E-state index in [1.54, 1.807) is 43.5 Å². The minimum absolute atomic E-state index is 0.0963. The van der Waals surface area contributed by atoms with Crippen LogP contribution in [0.4, 0.5) is 4.39 Å². The molecule has 246 valence electrons. The van der Waals surface area contributed by atoms with Gasteiger partial charge in [0.1, 0.15) is 29.2 Å². The Bertz CT molecular complexity index is 1740. The molecule has 0 aliphatic carbocycles. The van der Waals surface area contributed by atoms with Crippen LogP contribution in [0, 0.1) is 11.7 Å². The van der Waals surface area contributed by atoms with E-state index in [2.05, 4.69) is 39.5 Å². The fourth-order valence-electron chi connectivity index (χ4n) is 5.81. The molecule has 3 aromatic carbocycles. The van der Waals surface area contributed by atoms with Gasteiger partial charge in [0.05, 0.1) is 25.3 Å². The average molecular weight is 644 g/mol. The smallest absolute Gasteiger partial charge is 0.258 e. The van der Waals surface area contributed by atoms with E-state index < -0.39 is 23.9 Å². The number of methoxy groups -OCH3 is 1. The van der Waals surface area contributed by atoms with E-state index in [9.17, 15) is 9.59 Å². The van der Waals surface area contributed by atoms with Crippen LogP contribution in [0.25, 0.3) is 11.1 Å². The summed E-state index contributed by atoms with van der Waals surface area (Å²) in [5.74, 6) is 1.57. The van der Waals surface area contributed by atoms with Gasteiger partial charge in [0, 0.05) is 37.7 Å². The van der Waals surface area contributed by atoms with E-state index in [0.717, 1.165) is 5.56 Å². The molecule has 6 bridgehead atoms. The molecule has 7 rings (SSSR count). The van der Waals surface area contributed by atoms with Gasteiger partial charge < -0.3 is 29.4 Å². The van der Waals surface area contributed by atoms with Crippen LogP contribution in [0.1, 0.15) is 47.9 Å². The minimum atomic E-state index is -0.646. The summed E-state index contributed by atoms with van der Waals surface area (Å²) in [5.41, 5.74) is 1.99.